The number of nitrogens with one attached hydrogen (secondary N) is 1. The first kappa shape index (κ1) is 24.1. The zero-order chi connectivity index (χ0) is 21.1. The Morgan fingerprint density at radius 1 is 1.17 bits per heavy atom. The number of carbonyl (C=O) groups is 1. The van der Waals surface area contributed by atoms with E-state index in [0.29, 0.717) is 18.3 Å². The van der Waals surface area contributed by atoms with Crippen molar-refractivity contribution < 1.29 is 15.0 Å². The third kappa shape index (κ3) is 8.25. The maximum absolute atomic E-state index is 11.8. The molecular formula is C25H43NO3. The van der Waals surface area contributed by atoms with Crippen molar-refractivity contribution in [3.8, 4) is 0 Å². The average Bonchev–Trinajstić information content (AvgIpc) is 3.20. The van der Waals surface area contributed by atoms with Crippen LogP contribution in [0.15, 0.2) is 23.8 Å². The predicted octanol–water partition coefficient (Wildman–Crippen LogP) is 4.90. The van der Waals surface area contributed by atoms with E-state index < -0.39 is 0 Å². The number of carbonyl (C=O) groups excluding carboxylic acids is 1. The molecule has 4 nitrogen and oxygen atoms in total. The highest BCUT2D eigenvalue weighted by atomic mass is 16.3. The Labute approximate surface area is 177 Å². The fraction of sp³-hybridized carbons (Fsp3) is 0.800. The van der Waals surface area contributed by atoms with Crippen LogP contribution in [0.25, 0.3) is 0 Å². The van der Waals surface area contributed by atoms with E-state index in [2.05, 4.69) is 31.3 Å². The summed E-state index contributed by atoms with van der Waals surface area (Å²) in [6.07, 6.45) is 17.6. The maximum Gasteiger partial charge on any atom is 0.220 e. The normalized spacial score (nSPS) is 28.9. The van der Waals surface area contributed by atoms with E-state index in [-0.39, 0.29) is 24.0 Å². The van der Waals surface area contributed by atoms with Crippen molar-refractivity contribution in [2.75, 3.05) is 6.54 Å². The molecule has 2 fully saturated rings. The summed E-state index contributed by atoms with van der Waals surface area (Å²) in [6.45, 7) is 5.10. The van der Waals surface area contributed by atoms with Gasteiger partial charge in [0.15, 0.2) is 0 Å². The molecule has 0 aromatic carbocycles. The van der Waals surface area contributed by atoms with Crippen LogP contribution in [0.3, 0.4) is 0 Å². The fourth-order valence-corrected chi connectivity index (χ4v) is 4.96. The molecule has 0 heterocycles. The van der Waals surface area contributed by atoms with E-state index >= 15 is 0 Å². The van der Waals surface area contributed by atoms with Crippen molar-refractivity contribution >= 4 is 5.91 Å². The van der Waals surface area contributed by atoms with Crippen molar-refractivity contribution in [1.29, 1.82) is 0 Å². The summed E-state index contributed by atoms with van der Waals surface area (Å²) < 4.78 is 0. The molecule has 4 heteroatoms. The first-order valence-corrected chi connectivity index (χ1v) is 12.0. The Bertz CT molecular complexity index is 542. The van der Waals surface area contributed by atoms with Gasteiger partial charge in [-0.15, -0.1) is 0 Å². The highest BCUT2D eigenvalue weighted by molar-refractivity contribution is 5.75. The SMILES string of the molecule is CCCCC[C@H](O)C=C[C@@H]1[C@H]2CC(=CCCCC(=O)NCCCC)C[C@H]2C[C@H]1O. The number of rotatable bonds is 13. The number of aliphatic hydroxyl groups is 2. The van der Waals surface area contributed by atoms with Crippen molar-refractivity contribution in [3.05, 3.63) is 23.8 Å². The van der Waals surface area contributed by atoms with Gasteiger partial charge in [0.1, 0.15) is 0 Å². The van der Waals surface area contributed by atoms with Crippen molar-refractivity contribution in [1.82, 2.24) is 5.32 Å². The van der Waals surface area contributed by atoms with E-state index in [9.17, 15) is 15.0 Å². The third-order valence-corrected chi connectivity index (χ3v) is 6.66. The summed E-state index contributed by atoms with van der Waals surface area (Å²) in [5.74, 6) is 1.43. The van der Waals surface area contributed by atoms with Gasteiger partial charge in [0.2, 0.25) is 5.91 Å². The molecule has 0 unspecified atom stereocenters. The van der Waals surface area contributed by atoms with Crippen molar-refractivity contribution in [3.63, 3.8) is 0 Å². The summed E-state index contributed by atoms with van der Waals surface area (Å²) in [5.41, 5.74) is 1.50. The Kier molecular flexibility index (Phi) is 11.0. The second-order valence-electron chi connectivity index (χ2n) is 9.12. The molecule has 0 aliphatic heterocycles. The van der Waals surface area contributed by atoms with Gasteiger partial charge >= 0.3 is 0 Å². The molecule has 2 saturated carbocycles. The smallest absolute Gasteiger partial charge is 0.220 e. The molecule has 166 valence electrons. The minimum Gasteiger partial charge on any atom is -0.392 e. The molecule has 5 atom stereocenters. The fourth-order valence-electron chi connectivity index (χ4n) is 4.96. The van der Waals surface area contributed by atoms with Gasteiger partial charge in [0, 0.05) is 18.9 Å². The van der Waals surface area contributed by atoms with Gasteiger partial charge in [-0.1, -0.05) is 63.3 Å². The number of hydrogen-bond donors (Lipinski definition) is 3. The molecule has 2 aliphatic carbocycles. The van der Waals surface area contributed by atoms with Gasteiger partial charge in [-0.05, 0) is 56.8 Å². The van der Waals surface area contributed by atoms with E-state index in [1.807, 2.05) is 6.08 Å². The third-order valence-electron chi connectivity index (χ3n) is 6.66. The predicted molar refractivity (Wildman–Crippen MR) is 119 cm³/mol. The molecular weight excluding hydrogens is 362 g/mol. The van der Waals surface area contributed by atoms with Crippen LogP contribution in [0.1, 0.15) is 90.9 Å². The maximum atomic E-state index is 11.8. The van der Waals surface area contributed by atoms with Crippen LogP contribution in [0, 0.1) is 17.8 Å². The highest BCUT2D eigenvalue weighted by Gasteiger charge is 2.44. The molecule has 0 aromatic heterocycles. The summed E-state index contributed by atoms with van der Waals surface area (Å²) in [4.78, 5) is 11.8. The first-order chi connectivity index (χ1) is 14.0. The zero-order valence-electron chi connectivity index (χ0n) is 18.6. The molecule has 0 bridgehead atoms. The highest BCUT2D eigenvalue weighted by Crippen LogP contribution is 2.50. The molecule has 2 rings (SSSR count). The van der Waals surface area contributed by atoms with E-state index in [1.165, 1.54) is 12.0 Å². The number of unbranched alkanes of at least 4 members (excludes halogenated alkanes) is 4. The quantitative estimate of drug-likeness (QED) is 0.301. The Balaban J connectivity index is 1.73. The van der Waals surface area contributed by atoms with Crippen molar-refractivity contribution in [2.45, 2.75) is 103 Å². The summed E-state index contributed by atoms with van der Waals surface area (Å²) in [6, 6.07) is 0. The van der Waals surface area contributed by atoms with Crippen LogP contribution >= 0.6 is 0 Å². The number of amides is 1. The topological polar surface area (TPSA) is 69.6 Å². The van der Waals surface area contributed by atoms with Crippen molar-refractivity contribution in [2.24, 2.45) is 17.8 Å². The lowest BCUT2D eigenvalue weighted by Crippen LogP contribution is -2.23. The lowest BCUT2D eigenvalue weighted by atomic mass is 9.90. The van der Waals surface area contributed by atoms with Gasteiger partial charge < -0.3 is 15.5 Å². The second-order valence-corrected chi connectivity index (χ2v) is 9.12. The average molecular weight is 406 g/mol. The number of hydrogen-bond acceptors (Lipinski definition) is 3. The number of allylic oxidation sites excluding steroid dienone is 2. The number of aliphatic hydroxyl groups excluding tert-OH is 2. The molecule has 29 heavy (non-hydrogen) atoms. The van der Waals surface area contributed by atoms with Gasteiger partial charge in [-0.25, -0.2) is 0 Å². The molecule has 2 aliphatic rings. The largest absolute Gasteiger partial charge is 0.392 e. The van der Waals surface area contributed by atoms with Gasteiger partial charge in [-0.2, -0.15) is 0 Å². The molecule has 0 radical (unpaired) electrons. The Morgan fingerprint density at radius 2 is 1.97 bits per heavy atom. The minimum atomic E-state index is -0.382. The Hall–Kier alpha value is -1.13. The van der Waals surface area contributed by atoms with Crippen LogP contribution in [0.4, 0.5) is 0 Å². The monoisotopic (exact) mass is 405 g/mol. The zero-order valence-corrected chi connectivity index (χ0v) is 18.6. The summed E-state index contributed by atoms with van der Waals surface area (Å²) in [7, 11) is 0. The lowest BCUT2D eigenvalue weighted by Gasteiger charge is -2.17. The van der Waals surface area contributed by atoms with E-state index in [1.54, 1.807) is 0 Å². The molecule has 0 aromatic rings. The Morgan fingerprint density at radius 3 is 2.72 bits per heavy atom. The van der Waals surface area contributed by atoms with E-state index in [4.69, 9.17) is 0 Å². The van der Waals surface area contributed by atoms with Crippen LogP contribution < -0.4 is 5.32 Å². The van der Waals surface area contributed by atoms with Crippen LogP contribution in [0.2, 0.25) is 0 Å². The molecule has 0 saturated heterocycles. The lowest BCUT2D eigenvalue weighted by molar-refractivity contribution is -0.121. The van der Waals surface area contributed by atoms with Crippen LogP contribution in [-0.4, -0.2) is 34.9 Å². The standard InChI is InChI=1S/C25H43NO3/c1-3-5-7-11-21(27)13-14-22-23-17-19(16-20(23)18-24(22)28)10-8-9-12-25(29)26-15-6-4-2/h10,13-14,20-24,27-28H,3-9,11-12,15-18H2,1-2H3,(H,26,29)/t20-,21-,22+,23-,24+/m0/s1. The van der Waals surface area contributed by atoms with Gasteiger partial charge in [-0.3, -0.25) is 4.79 Å². The van der Waals surface area contributed by atoms with E-state index in [0.717, 1.165) is 70.8 Å². The minimum absolute atomic E-state index is 0.172. The van der Waals surface area contributed by atoms with Gasteiger partial charge in [0.25, 0.3) is 0 Å². The van der Waals surface area contributed by atoms with Crippen LogP contribution in [0.5, 0.6) is 0 Å². The summed E-state index contributed by atoms with van der Waals surface area (Å²) >= 11 is 0. The molecule has 0 spiro atoms. The molecule has 3 N–H and O–H groups in total. The number of fused-ring (bicyclic) bond motifs is 1. The summed E-state index contributed by atoms with van der Waals surface area (Å²) in [5, 5.41) is 23.6. The van der Waals surface area contributed by atoms with Gasteiger partial charge in [0.05, 0.1) is 12.2 Å². The first-order valence-electron chi connectivity index (χ1n) is 12.0. The van der Waals surface area contributed by atoms with Crippen LogP contribution in [-0.2, 0) is 4.79 Å². The molecule has 1 amide bonds. The second kappa shape index (κ2) is 13.2.